The second-order valence-electron chi connectivity index (χ2n) is 16.3. The number of nitriles is 1. The van der Waals surface area contributed by atoms with Gasteiger partial charge in [-0.1, -0.05) is 47.6 Å². The predicted octanol–water partition coefficient (Wildman–Crippen LogP) is 5.24. The van der Waals surface area contributed by atoms with Crippen molar-refractivity contribution in [1.82, 2.24) is 15.1 Å². The van der Waals surface area contributed by atoms with Crippen molar-refractivity contribution in [3.8, 4) is 6.07 Å². The second-order valence-corrected chi connectivity index (χ2v) is 16.3. The molecule has 0 radical (unpaired) electrons. The van der Waals surface area contributed by atoms with Crippen molar-refractivity contribution in [2.45, 2.75) is 105 Å². The number of Topliss-reactive ketones (excluding diaryl/α,β-unsaturated/α-hetero) is 1. The standard InChI is InChI=1S/C35H46N4O4/c1-29(2)23-9-10-33(6)24(32(23,5)16-21(18-36)27(29)41)15-26(40)35(43)25-17-31(4,38-28(42)22-19-37-39(8)20-22)13-11-30(25,3)12-14-34(33,35)7/h15-16,19-20,23,25,43H,9-14,17H2,1-8H3,(H,38,42)/t23-,25+,30+,31-,32-,33+,34-,35+/m0/s1. The monoisotopic (exact) mass is 586 g/mol. The van der Waals surface area contributed by atoms with Crippen molar-refractivity contribution in [2.24, 2.45) is 46.0 Å². The third-order valence-corrected chi connectivity index (χ3v) is 13.6. The van der Waals surface area contributed by atoms with Crippen LogP contribution >= 0.6 is 0 Å². The summed E-state index contributed by atoms with van der Waals surface area (Å²) in [7, 11) is 1.77. The first-order chi connectivity index (χ1) is 19.8. The van der Waals surface area contributed by atoms with E-state index in [1.165, 1.54) is 0 Å². The number of carbonyl (C=O) groups excluding carboxylic acids is 3. The Balaban J connectivity index is 1.45. The van der Waals surface area contributed by atoms with Crippen molar-refractivity contribution in [2.75, 3.05) is 0 Å². The van der Waals surface area contributed by atoms with Gasteiger partial charge in [-0.05, 0) is 80.3 Å². The molecule has 43 heavy (non-hydrogen) atoms. The van der Waals surface area contributed by atoms with Crippen molar-refractivity contribution in [3.63, 3.8) is 0 Å². The largest absolute Gasteiger partial charge is 0.381 e. The number of aryl methyl sites for hydroxylation is 1. The normalized spacial score (nSPS) is 44.9. The zero-order valence-corrected chi connectivity index (χ0v) is 26.9. The molecule has 8 heteroatoms. The molecule has 2 N–H and O–H groups in total. The number of aromatic nitrogens is 2. The summed E-state index contributed by atoms with van der Waals surface area (Å²) in [6.45, 7) is 14.5. The van der Waals surface area contributed by atoms with Gasteiger partial charge in [0.25, 0.3) is 5.91 Å². The fourth-order valence-electron chi connectivity index (χ4n) is 10.8. The number of rotatable bonds is 2. The summed E-state index contributed by atoms with van der Waals surface area (Å²) in [5.74, 6) is -1.01. The van der Waals surface area contributed by atoms with Crippen LogP contribution in [0.4, 0.5) is 0 Å². The maximum atomic E-state index is 14.6. The molecular weight excluding hydrogens is 540 g/mol. The number of fused-ring (bicyclic) bond motifs is 7. The number of amides is 1. The molecule has 8 nitrogen and oxygen atoms in total. The van der Waals surface area contributed by atoms with E-state index in [4.69, 9.17) is 0 Å². The zero-order chi connectivity index (χ0) is 31.6. The predicted molar refractivity (Wildman–Crippen MR) is 161 cm³/mol. The molecule has 8 atom stereocenters. The van der Waals surface area contributed by atoms with Crippen molar-refractivity contribution < 1.29 is 19.5 Å². The summed E-state index contributed by atoms with van der Waals surface area (Å²) in [4.78, 5) is 41.2. The van der Waals surface area contributed by atoms with Crippen LogP contribution in [-0.2, 0) is 16.6 Å². The van der Waals surface area contributed by atoms with E-state index in [2.05, 4.69) is 44.2 Å². The topological polar surface area (TPSA) is 125 Å². The molecule has 0 unspecified atom stereocenters. The first-order valence-corrected chi connectivity index (χ1v) is 15.8. The third kappa shape index (κ3) is 3.64. The fraction of sp³-hybridized carbons (Fsp3) is 0.686. The van der Waals surface area contributed by atoms with Gasteiger partial charge in [-0.25, -0.2) is 0 Å². The smallest absolute Gasteiger partial charge is 0.254 e. The van der Waals surface area contributed by atoms with Gasteiger partial charge >= 0.3 is 0 Å². The van der Waals surface area contributed by atoms with E-state index in [1.54, 1.807) is 30.2 Å². The Kier molecular flexibility index (Phi) is 6.12. The lowest BCUT2D eigenvalue weighted by atomic mass is 9.33. The minimum Gasteiger partial charge on any atom is -0.381 e. The van der Waals surface area contributed by atoms with Crippen molar-refractivity contribution in [3.05, 3.63) is 41.3 Å². The highest BCUT2D eigenvalue weighted by Crippen LogP contribution is 2.75. The Hall–Kier alpha value is -3.05. The molecule has 1 amide bonds. The summed E-state index contributed by atoms with van der Waals surface area (Å²) < 4.78 is 1.60. The maximum absolute atomic E-state index is 14.6. The molecule has 1 heterocycles. The second kappa shape index (κ2) is 8.78. The lowest BCUT2D eigenvalue weighted by molar-refractivity contribution is -0.240. The van der Waals surface area contributed by atoms with Crippen LogP contribution in [0.1, 0.15) is 104 Å². The molecule has 5 aliphatic carbocycles. The van der Waals surface area contributed by atoms with E-state index >= 15 is 0 Å². The molecular formula is C35H46N4O4. The Labute approximate surface area is 255 Å². The summed E-state index contributed by atoms with van der Waals surface area (Å²) >= 11 is 0. The molecule has 0 saturated heterocycles. The van der Waals surface area contributed by atoms with Crippen LogP contribution in [0.3, 0.4) is 0 Å². The van der Waals surface area contributed by atoms with E-state index in [1.807, 2.05) is 26.8 Å². The molecule has 0 spiro atoms. The van der Waals surface area contributed by atoms with E-state index in [0.717, 1.165) is 37.7 Å². The maximum Gasteiger partial charge on any atom is 0.254 e. The fourth-order valence-corrected chi connectivity index (χ4v) is 10.8. The van der Waals surface area contributed by atoms with Crippen molar-refractivity contribution >= 4 is 17.5 Å². The summed E-state index contributed by atoms with van der Waals surface area (Å²) in [6, 6.07) is 2.15. The van der Waals surface area contributed by atoms with E-state index in [9.17, 15) is 24.8 Å². The van der Waals surface area contributed by atoms with E-state index < -0.39 is 32.8 Å². The van der Waals surface area contributed by atoms with Gasteiger partial charge < -0.3 is 10.4 Å². The van der Waals surface area contributed by atoms with Gasteiger partial charge in [0.15, 0.2) is 11.6 Å². The first kappa shape index (κ1) is 30.0. The van der Waals surface area contributed by atoms with Crippen LogP contribution in [-0.4, -0.2) is 43.5 Å². The number of nitrogens with one attached hydrogen (secondary N) is 1. The lowest BCUT2D eigenvalue weighted by Crippen LogP contribution is -2.74. The molecule has 1 aromatic heterocycles. The van der Waals surface area contributed by atoms with Gasteiger partial charge in [-0.2, -0.15) is 10.4 Å². The number of carbonyl (C=O) groups is 3. The molecule has 5 aliphatic rings. The molecule has 3 fully saturated rings. The molecule has 230 valence electrons. The van der Waals surface area contributed by atoms with E-state index in [0.29, 0.717) is 18.4 Å². The van der Waals surface area contributed by atoms with Gasteiger partial charge in [0.2, 0.25) is 0 Å². The number of aliphatic hydroxyl groups is 1. The molecule has 0 bridgehead atoms. The van der Waals surface area contributed by atoms with Gasteiger partial charge in [0.1, 0.15) is 11.7 Å². The highest BCUT2D eigenvalue weighted by Gasteiger charge is 2.75. The zero-order valence-electron chi connectivity index (χ0n) is 26.9. The minimum absolute atomic E-state index is 0.0546. The summed E-state index contributed by atoms with van der Waals surface area (Å²) in [6.07, 6.45) is 11.9. The molecule has 3 saturated carbocycles. The Bertz CT molecular complexity index is 1560. The Morgan fingerprint density at radius 2 is 1.72 bits per heavy atom. The molecule has 0 aliphatic heterocycles. The van der Waals surface area contributed by atoms with Crippen LogP contribution in [0.5, 0.6) is 0 Å². The minimum atomic E-state index is -1.62. The number of ketones is 2. The number of hydrogen-bond acceptors (Lipinski definition) is 6. The number of nitrogens with zero attached hydrogens (tertiary/aromatic N) is 3. The summed E-state index contributed by atoms with van der Waals surface area (Å²) in [5.41, 5.74) is -3.56. The summed E-state index contributed by atoms with van der Waals surface area (Å²) in [5, 5.41) is 30.4. The van der Waals surface area contributed by atoms with Crippen LogP contribution in [0, 0.1) is 50.2 Å². The van der Waals surface area contributed by atoms with Gasteiger partial charge in [0, 0.05) is 40.9 Å². The van der Waals surface area contributed by atoms with Gasteiger partial charge in [-0.3, -0.25) is 19.1 Å². The average Bonchev–Trinajstić information content (AvgIpc) is 3.38. The SMILES string of the molecule is Cn1cc(C(=O)N[C@@]2(C)CC[C@]3(C)CC[C@@]4(C)[C@]5(C)CC[C@H]6C(C)(C)C(=O)C(C#N)=C[C@]6(C)C5=CC(=O)[C@]4(O)[C@@H]3C2)cn1. The van der Waals surface area contributed by atoms with Gasteiger partial charge in [-0.15, -0.1) is 0 Å². The van der Waals surface area contributed by atoms with Gasteiger partial charge in [0.05, 0.1) is 17.3 Å². The van der Waals surface area contributed by atoms with Crippen LogP contribution in [0.25, 0.3) is 0 Å². The van der Waals surface area contributed by atoms with Crippen molar-refractivity contribution in [1.29, 1.82) is 5.26 Å². The Morgan fingerprint density at radius 3 is 2.35 bits per heavy atom. The molecule has 6 rings (SSSR count). The quantitative estimate of drug-likeness (QED) is 0.489. The van der Waals surface area contributed by atoms with Crippen LogP contribution < -0.4 is 5.32 Å². The molecule has 1 aromatic rings. The third-order valence-electron chi connectivity index (χ3n) is 13.6. The Morgan fingerprint density at radius 1 is 1.05 bits per heavy atom. The number of hydrogen-bond donors (Lipinski definition) is 2. The first-order valence-electron chi connectivity index (χ1n) is 15.8. The average molecular weight is 587 g/mol. The highest BCUT2D eigenvalue weighted by atomic mass is 16.3. The van der Waals surface area contributed by atoms with Crippen LogP contribution in [0.15, 0.2) is 35.7 Å². The number of allylic oxidation sites excluding steroid dienone is 3. The van der Waals surface area contributed by atoms with Crippen LogP contribution in [0.2, 0.25) is 0 Å². The lowest BCUT2D eigenvalue weighted by Gasteiger charge is -2.71. The van der Waals surface area contributed by atoms with E-state index in [-0.39, 0.29) is 40.3 Å². The highest BCUT2D eigenvalue weighted by molar-refractivity contribution is 6.05. The molecule has 0 aromatic carbocycles.